The van der Waals surface area contributed by atoms with Crippen LogP contribution in [0, 0.1) is 0 Å². The number of ether oxygens (including phenoxy) is 1. The molecule has 0 bridgehead atoms. The second-order valence-electron chi connectivity index (χ2n) is 6.75. The number of urea groups is 1. The lowest BCUT2D eigenvalue weighted by atomic mass is 10.2. The minimum atomic E-state index is -0.608. The van der Waals surface area contributed by atoms with E-state index in [0.717, 1.165) is 11.8 Å². The van der Waals surface area contributed by atoms with Crippen molar-refractivity contribution < 1.29 is 14.3 Å². The molecule has 0 unspecified atom stereocenters. The van der Waals surface area contributed by atoms with Gasteiger partial charge < -0.3 is 10.1 Å². The van der Waals surface area contributed by atoms with Gasteiger partial charge in [-0.2, -0.15) is 0 Å². The molecule has 0 radical (unpaired) electrons. The number of nitrogens with one attached hydrogen (secondary N) is 2. The Morgan fingerprint density at radius 3 is 2.66 bits per heavy atom. The topological polar surface area (TPSA) is 102 Å². The van der Waals surface area contributed by atoms with Gasteiger partial charge in [0.2, 0.25) is 5.91 Å². The van der Waals surface area contributed by atoms with Crippen molar-refractivity contribution in [3.05, 3.63) is 34.6 Å². The first kappa shape index (κ1) is 22.9. The van der Waals surface area contributed by atoms with E-state index >= 15 is 0 Å². The molecule has 158 valence electrons. The van der Waals surface area contributed by atoms with Gasteiger partial charge in [0.25, 0.3) is 5.56 Å². The van der Waals surface area contributed by atoms with Crippen molar-refractivity contribution in [2.75, 3.05) is 13.2 Å². The summed E-state index contributed by atoms with van der Waals surface area (Å²) in [6.45, 7) is 8.73. The van der Waals surface area contributed by atoms with Crippen LogP contribution in [0.3, 0.4) is 0 Å². The maximum Gasteiger partial charge on any atom is 0.321 e. The van der Waals surface area contributed by atoms with E-state index in [9.17, 15) is 14.4 Å². The normalized spacial score (nSPS) is 12.2. The lowest BCUT2D eigenvalue weighted by Gasteiger charge is -2.16. The summed E-state index contributed by atoms with van der Waals surface area (Å²) < 4.78 is 7.14. The molecule has 0 fully saturated rings. The quantitative estimate of drug-likeness (QED) is 0.367. The molecule has 0 spiro atoms. The molecule has 0 aliphatic rings. The Morgan fingerprint density at radius 2 is 1.97 bits per heavy atom. The van der Waals surface area contributed by atoms with Crippen LogP contribution >= 0.6 is 11.8 Å². The number of carbonyl (C=O) groups excluding carboxylic acids is 2. The smallest absolute Gasteiger partial charge is 0.321 e. The third-order valence-electron chi connectivity index (χ3n) is 4.03. The van der Waals surface area contributed by atoms with Crippen LogP contribution in [0.2, 0.25) is 0 Å². The number of benzene rings is 1. The van der Waals surface area contributed by atoms with Crippen molar-refractivity contribution >= 4 is 34.6 Å². The highest BCUT2D eigenvalue weighted by molar-refractivity contribution is 8.00. The minimum Gasteiger partial charge on any atom is -0.379 e. The molecule has 1 atom stereocenters. The zero-order valence-electron chi connectivity index (χ0n) is 17.2. The Morgan fingerprint density at radius 1 is 1.24 bits per heavy atom. The SMILES string of the molecule is CCNC(=O)NC(=O)[C@@H](C)Sc1nc2ccccc2c(=O)n1CCCOC(C)C. The second kappa shape index (κ2) is 11.0. The fourth-order valence-electron chi connectivity index (χ4n) is 2.61. The maximum absolute atomic E-state index is 13.0. The highest BCUT2D eigenvalue weighted by Crippen LogP contribution is 2.23. The predicted octanol–water partition coefficient (Wildman–Crippen LogP) is 2.54. The first-order chi connectivity index (χ1) is 13.8. The summed E-state index contributed by atoms with van der Waals surface area (Å²) in [6.07, 6.45) is 0.763. The standard InChI is InChI=1S/C20H28N4O4S/c1-5-21-19(27)23-17(25)14(4)29-20-22-16-10-7-6-9-15(16)18(26)24(20)11-8-12-28-13(2)3/h6-7,9-10,13-14H,5,8,11-12H2,1-4H3,(H2,21,23,25,27)/t14-/m1/s1. The molecule has 3 amide bonds. The summed E-state index contributed by atoms with van der Waals surface area (Å²) in [5.74, 6) is -0.446. The number of amides is 3. The van der Waals surface area contributed by atoms with Gasteiger partial charge in [-0.1, -0.05) is 23.9 Å². The van der Waals surface area contributed by atoms with Gasteiger partial charge in [0.1, 0.15) is 0 Å². The number of thioether (sulfide) groups is 1. The first-order valence-electron chi connectivity index (χ1n) is 9.70. The average molecular weight is 421 g/mol. The van der Waals surface area contributed by atoms with Crippen LogP contribution in [-0.4, -0.2) is 46.0 Å². The molecule has 1 heterocycles. The molecular formula is C20H28N4O4S. The van der Waals surface area contributed by atoms with Gasteiger partial charge in [-0.25, -0.2) is 9.78 Å². The number of carbonyl (C=O) groups is 2. The number of para-hydroxylation sites is 1. The van der Waals surface area contributed by atoms with E-state index in [2.05, 4.69) is 15.6 Å². The number of rotatable bonds is 9. The summed E-state index contributed by atoms with van der Waals surface area (Å²) in [5, 5.41) is 5.17. The monoisotopic (exact) mass is 420 g/mol. The summed E-state index contributed by atoms with van der Waals surface area (Å²) in [4.78, 5) is 41.5. The Labute approximate surface area is 174 Å². The molecule has 0 aliphatic heterocycles. The molecule has 1 aromatic carbocycles. The van der Waals surface area contributed by atoms with Crippen molar-refractivity contribution in [1.82, 2.24) is 20.2 Å². The van der Waals surface area contributed by atoms with E-state index in [1.54, 1.807) is 36.6 Å². The zero-order chi connectivity index (χ0) is 21.4. The van der Waals surface area contributed by atoms with E-state index < -0.39 is 17.2 Å². The summed E-state index contributed by atoms with van der Waals surface area (Å²) in [5.41, 5.74) is 0.421. The summed E-state index contributed by atoms with van der Waals surface area (Å²) >= 11 is 1.15. The third-order valence-corrected chi connectivity index (χ3v) is 5.12. The van der Waals surface area contributed by atoms with Crippen molar-refractivity contribution in [3.63, 3.8) is 0 Å². The number of imide groups is 1. The molecule has 29 heavy (non-hydrogen) atoms. The van der Waals surface area contributed by atoms with Crippen LogP contribution in [0.1, 0.15) is 34.1 Å². The second-order valence-corrected chi connectivity index (χ2v) is 8.06. The molecule has 0 saturated heterocycles. The van der Waals surface area contributed by atoms with Gasteiger partial charge in [-0.05, 0) is 46.2 Å². The van der Waals surface area contributed by atoms with Crippen LogP contribution in [0.5, 0.6) is 0 Å². The molecule has 2 aromatic rings. The highest BCUT2D eigenvalue weighted by atomic mass is 32.2. The number of hydrogen-bond acceptors (Lipinski definition) is 6. The number of aromatic nitrogens is 2. The van der Waals surface area contributed by atoms with E-state index in [-0.39, 0.29) is 11.7 Å². The minimum absolute atomic E-state index is 0.119. The molecule has 2 rings (SSSR count). The van der Waals surface area contributed by atoms with Gasteiger partial charge in [0, 0.05) is 19.7 Å². The number of hydrogen-bond donors (Lipinski definition) is 2. The van der Waals surface area contributed by atoms with Crippen LogP contribution in [0.4, 0.5) is 4.79 Å². The van der Waals surface area contributed by atoms with Crippen LogP contribution in [-0.2, 0) is 16.1 Å². The van der Waals surface area contributed by atoms with E-state index in [1.165, 1.54) is 0 Å². The van der Waals surface area contributed by atoms with Gasteiger partial charge >= 0.3 is 6.03 Å². The number of nitrogens with zero attached hydrogens (tertiary/aromatic N) is 2. The molecule has 0 saturated carbocycles. The molecule has 0 aliphatic carbocycles. The van der Waals surface area contributed by atoms with Gasteiger partial charge in [0.05, 0.1) is 22.3 Å². The predicted molar refractivity (Wildman–Crippen MR) is 114 cm³/mol. The Kier molecular flexibility index (Phi) is 8.66. The van der Waals surface area contributed by atoms with E-state index in [4.69, 9.17) is 4.74 Å². The summed E-state index contributed by atoms with van der Waals surface area (Å²) in [7, 11) is 0. The van der Waals surface area contributed by atoms with E-state index in [0.29, 0.717) is 42.2 Å². The van der Waals surface area contributed by atoms with Gasteiger partial charge in [-0.3, -0.25) is 19.5 Å². The third kappa shape index (κ3) is 6.57. The Hall–Kier alpha value is -2.39. The van der Waals surface area contributed by atoms with Gasteiger partial charge in [-0.15, -0.1) is 0 Å². The largest absolute Gasteiger partial charge is 0.379 e. The Balaban J connectivity index is 2.25. The summed E-state index contributed by atoms with van der Waals surface area (Å²) in [6, 6.07) is 6.58. The van der Waals surface area contributed by atoms with E-state index in [1.807, 2.05) is 19.9 Å². The molecule has 9 heteroatoms. The van der Waals surface area contributed by atoms with Crippen molar-refractivity contribution in [2.24, 2.45) is 0 Å². The van der Waals surface area contributed by atoms with Crippen LogP contribution < -0.4 is 16.2 Å². The molecule has 2 N–H and O–H groups in total. The van der Waals surface area contributed by atoms with Crippen molar-refractivity contribution in [2.45, 2.75) is 57.2 Å². The van der Waals surface area contributed by atoms with Gasteiger partial charge in [0.15, 0.2) is 5.16 Å². The lowest BCUT2D eigenvalue weighted by Crippen LogP contribution is -2.42. The highest BCUT2D eigenvalue weighted by Gasteiger charge is 2.20. The maximum atomic E-state index is 13.0. The Bertz CT molecular complexity index is 913. The van der Waals surface area contributed by atoms with Crippen LogP contribution in [0.25, 0.3) is 10.9 Å². The first-order valence-corrected chi connectivity index (χ1v) is 10.6. The fourth-order valence-corrected chi connectivity index (χ4v) is 3.54. The lowest BCUT2D eigenvalue weighted by molar-refractivity contribution is -0.119. The van der Waals surface area contributed by atoms with Crippen molar-refractivity contribution in [1.29, 1.82) is 0 Å². The number of fused-ring (bicyclic) bond motifs is 1. The average Bonchev–Trinajstić information content (AvgIpc) is 2.67. The van der Waals surface area contributed by atoms with Crippen molar-refractivity contribution in [3.8, 4) is 0 Å². The zero-order valence-corrected chi connectivity index (χ0v) is 18.0. The molecular weight excluding hydrogens is 392 g/mol. The van der Waals surface area contributed by atoms with Crippen LogP contribution in [0.15, 0.2) is 34.2 Å². The molecule has 1 aromatic heterocycles. The molecule has 8 nitrogen and oxygen atoms in total. The fraction of sp³-hybridized carbons (Fsp3) is 0.500.